The predicted molar refractivity (Wildman–Crippen MR) is 132 cm³/mol. The summed E-state index contributed by atoms with van der Waals surface area (Å²) in [6.45, 7) is 11.8. The van der Waals surface area contributed by atoms with Crippen LogP contribution in [0.2, 0.25) is 0 Å². The number of fused-ring (bicyclic) bond motifs is 3. The third-order valence-corrected chi connectivity index (χ3v) is 8.55. The first-order valence-electron chi connectivity index (χ1n) is 11.8. The fourth-order valence-electron chi connectivity index (χ4n) is 6.26. The fraction of sp³-hybridized carbons (Fsp3) is 0.310. The van der Waals surface area contributed by atoms with Crippen molar-refractivity contribution in [1.82, 2.24) is 9.38 Å². The number of aromatic nitrogens is 3. The van der Waals surface area contributed by atoms with E-state index in [0.717, 1.165) is 24.2 Å². The van der Waals surface area contributed by atoms with Crippen LogP contribution < -0.4 is 4.57 Å². The van der Waals surface area contributed by atoms with Crippen molar-refractivity contribution in [2.45, 2.75) is 58.4 Å². The maximum Gasteiger partial charge on any atom is 0.299 e. The second-order valence-corrected chi connectivity index (χ2v) is 9.75. The molecule has 0 aliphatic carbocycles. The highest BCUT2D eigenvalue weighted by Gasteiger charge is 2.55. The number of para-hydroxylation sites is 2. The van der Waals surface area contributed by atoms with Gasteiger partial charge in [-0.3, -0.25) is 0 Å². The molecule has 0 amide bonds. The van der Waals surface area contributed by atoms with Gasteiger partial charge in [0.1, 0.15) is 5.54 Å². The third-order valence-electron chi connectivity index (χ3n) is 8.55. The Bertz CT molecular complexity index is 1540. The van der Waals surface area contributed by atoms with Crippen LogP contribution in [0.4, 0.5) is 0 Å². The highest BCUT2D eigenvalue weighted by Crippen LogP contribution is 2.50. The smallest absolute Gasteiger partial charge is 0.216 e. The van der Waals surface area contributed by atoms with Crippen molar-refractivity contribution in [3.8, 4) is 11.4 Å². The number of aryl methyl sites for hydroxylation is 1. The Labute approximate surface area is 189 Å². The van der Waals surface area contributed by atoms with E-state index in [2.05, 4.69) is 110 Å². The van der Waals surface area contributed by atoms with Gasteiger partial charge in [0.25, 0.3) is 5.65 Å². The number of nitrogens with zero attached hydrogens (tertiary/aromatic N) is 3. The Kier molecular flexibility index (Phi) is 3.90. The maximum absolute atomic E-state index is 5.32. The molecule has 0 spiro atoms. The number of imidazole rings is 1. The van der Waals surface area contributed by atoms with Gasteiger partial charge in [0.2, 0.25) is 5.82 Å². The molecule has 0 bridgehead atoms. The van der Waals surface area contributed by atoms with Crippen molar-refractivity contribution in [2.24, 2.45) is 0 Å². The van der Waals surface area contributed by atoms with Crippen molar-refractivity contribution >= 4 is 27.6 Å². The van der Waals surface area contributed by atoms with E-state index in [4.69, 9.17) is 4.98 Å². The summed E-state index contributed by atoms with van der Waals surface area (Å²) in [5, 5.41) is 1.30. The van der Waals surface area contributed by atoms with Crippen LogP contribution in [0.25, 0.3) is 39.0 Å². The van der Waals surface area contributed by atoms with E-state index >= 15 is 0 Å². The van der Waals surface area contributed by atoms with Gasteiger partial charge in [-0.2, -0.15) is 4.40 Å². The minimum atomic E-state index is -0.0538. The third kappa shape index (κ3) is 2.12. The molecule has 160 valence electrons. The Morgan fingerprint density at radius 3 is 2.38 bits per heavy atom. The zero-order chi connectivity index (χ0) is 22.3. The summed E-state index contributed by atoms with van der Waals surface area (Å²) < 4.78 is 5.07. The van der Waals surface area contributed by atoms with Crippen LogP contribution >= 0.6 is 0 Å². The normalized spacial score (nSPS) is 22.4. The van der Waals surface area contributed by atoms with Crippen LogP contribution in [0.5, 0.6) is 0 Å². The van der Waals surface area contributed by atoms with Crippen LogP contribution in [-0.2, 0) is 11.0 Å². The van der Waals surface area contributed by atoms with Crippen LogP contribution in [0.3, 0.4) is 0 Å². The second-order valence-electron chi connectivity index (χ2n) is 9.75. The van der Waals surface area contributed by atoms with E-state index in [9.17, 15) is 0 Å². The van der Waals surface area contributed by atoms with Gasteiger partial charge in [0.05, 0.1) is 10.9 Å². The molecule has 2 aromatic heterocycles. The van der Waals surface area contributed by atoms with Crippen LogP contribution in [0.15, 0.2) is 66.7 Å². The van der Waals surface area contributed by atoms with Gasteiger partial charge in [-0.1, -0.05) is 63.2 Å². The van der Waals surface area contributed by atoms with Crippen LogP contribution in [0.1, 0.15) is 51.7 Å². The Morgan fingerprint density at radius 1 is 0.875 bits per heavy atom. The van der Waals surface area contributed by atoms with E-state index in [0.29, 0.717) is 0 Å². The minimum absolute atomic E-state index is 0.00933. The standard InChI is InChI=1S/C29H30N3/c1-6-28(4)21-15-12-16-22-25(21)27-31(26(30-22)20-14-9-8-13-19(20)3)23-17-10-11-18-24(23)32(27)29(28,5)7-2/h8-18H,6-7H2,1-5H3/q+1. The average molecular weight is 421 g/mol. The lowest BCUT2D eigenvalue weighted by Crippen LogP contribution is -2.66. The molecule has 6 rings (SSSR count). The number of hydrogen-bond donors (Lipinski definition) is 0. The summed E-state index contributed by atoms with van der Waals surface area (Å²) in [5.74, 6) is 1.02. The van der Waals surface area contributed by atoms with Crippen molar-refractivity contribution in [2.75, 3.05) is 0 Å². The first-order chi connectivity index (χ1) is 15.5. The van der Waals surface area contributed by atoms with E-state index < -0.39 is 0 Å². The zero-order valence-corrected chi connectivity index (χ0v) is 19.6. The Hall–Kier alpha value is -3.20. The lowest BCUT2D eigenvalue weighted by Gasteiger charge is -2.46. The Morgan fingerprint density at radius 2 is 1.62 bits per heavy atom. The molecule has 0 radical (unpaired) electrons. The number of rotatable bonds is 3. The van der Waals surface area contributed by atoms with Gasteiger partial charge in [-0.25, -0.2) is 9.55 Å². The minimum Gasteiger partial charge on any atom is -0.216 e. The average Bonchev–Trinajstić information content (AvgIpc) is 3.18. The molecule has 0 saturated carbocycles. The van der Waals surface area contributed by atoms with Crippen molar-refractivity contribution in [3.63, 3.8) is 0 Å². The van der Waals surface area contributed by atoms with Gasteiger partial charge in [-0.05, 0) is 62.1 Å². The molecule has 0 N–H and O–H groups in total. The second kappa shape index (κ2) is 6.41. The highest BCUT2D eigenvalue weighted by atomic mass is 15.2. The van der Waals surface area contributed by atoms with Gasteiger partial charge < -0.3 is 0 Å². The molecule has 3 heterocycles. The molecule has 3 nitrogen and oxygen atoms in total. The van der Waals surface area contributed by atoms with Gasteiger partial charge in [-0.15, -0.1) is 0 Å². The monoisotopic (exact) mass is 420 g/mol. The summed E-state index contributed by atoms with van der Waals surface area (Å²) in [7, 11) is 0. The molecular weight excluding hydrogens is 390 g/mol. The predicted octanol–water partition coefficient (Wildman–Crippen LogP) is 6.71. The largest absolute Gasteiger partial charge is 0.299 e. The SMILES string of the molecule is CCC1(C)c2cccc3nc(-c4ccccc4C)n4c5ccccc5[n+](c4c23)C1(C)CC. The molecule has 3 heteroatoms. The molecule has 0 saturated heterocycles. The summed E-state index contributed by atoms with van der Waals surface area (Å²) in [6.07, 6.45) is 2.14. The van der Waals surface area contributed by atoms with Gasteiger partial charge in [0, 0.05) is 11.0 Å². The van der Waals surface area contributed by atoms with E-state index in [1.165, 1.54) is 38.8 Å². The highest BCUT2D eigenvalue weighted by molar-refractivity contribution is 5.99. The molecule has 3 aromatic carbocycles. The molecule has 0 fully saturated rings. The molecule has 5 aromatic rings. The summed E-state index contributed by atoms with van der Waals surface area (Å²) in [4.78, 5) is 5.32. The maximum atomic E-state index is 5.32. The first-order valence-corrected chi connectivity index (χ1v) is 11.8. The number of benzene rings is 3. The van der Waals surface area contributed by atoms with Gasteiger partial charge in [0.15, 0.2) is 11.0 Å². The van der Waals surface area contributed by atoms with Crippen LogP contribution in [0, 0.1) is 6.92 Å². The molecule has 1 aliphatic rings. The molecule has 1 aliphatic heterocycles. The van der Waals surface area contributed by atoms with Crippen molar-refractivity contribution in [3.05, 3.63) is 77.9 Å². The summed E-state index contributed by atoms with van der Waals surface area (Å²) in [5.41, 5.74) is 8.70. The summed E-state index contributed by atoms with van der Waals surface area (Å²) in [6, 6.07) is 24.2. The molecule has 32 heavy (non-hydrogen) atoms. The van der Waals surface area contributed by atoms with E-state index in [1.54, 1.807) is 0 Å². The van der Waals surface area contributed by atoms with Crippen molar-refractivity contribution in [1.29, 1.82) is 0 Å². The fourth-order valence-corrected chi connectivity index (χ4v) is 6.26. The lowest BCUT2D eigenvalue weighted by molar-refractivity contribution is -0.728. The van der Waals surface area contributed by atoms with Crippen LogP contribution in [-0.4, -0.2) is 9.38 Å². The first kappa shape index (κ1) is 19.5. The number of hydrogen-bond acceptors (Lipinski definition) is 1. The molecule has 2 unspecified atom stereocenters. The van der Waals surface area contributed by atoms with E-state index in [1.807, 2.05) is 0 Å². The quantitative estimate of drug-likeness (QED) is 0.297. The molecule has 2 atom stereocenters. The van der Waals surface area contributed by atoms with Gasteiger partial charge >= 0.3 is 0 Å². The zero-order valence-electron chi connectivity index (χ0n) is 19.6. The summed E-state index contributed by atoms with van der Waals surface area (Å²) >= 11 is 0. The van der Waals surface area contributed by atoms with E-state index in [-0.39, 0.29) is 11.0 Å². The lowest BCUT2D eigenvalue weighted by atomic mass is 9.62. The van der Waals surface area contributed by atoms with Crippen molar-refractivity contribution < 1.29 is 4.57 Å². The Balaban J connectivity index is 1.97. The molecular formula is C29H30N3+. The topological polar surface area (TPSA) is 21.2 Å².